The van der Waals surface area contributed by atoms with Crippen LogP contribution in [-0.2, 0) is 13.0 Å². The number of aliphatic hydroxyl groups is 2. The third kappa shape index (κ3) is 3.20. The molecule has 1 aromatic carbocycles. The fourth-order valence-electron chi connectivity index (χ4n) is 2.54. The molecule has 0 fully saturated rings. The Bertz CT molecular complexity index is 696. The molecule has 5 nitrogen and oxygen atoms in total. The Morgan fingerprint density at radius 3 is 3.00 bits per heavy atom. The molecule has 0 saturated carbocycles. The Morgan fingerprint density at radius 1 is 1.32 bits per heavy atom. The van der Waals surface area contributed by atoms with Crippen molar-refractivity contribution in [1.29, 1.82) is 0 Å². The van der Waals surface area contributed by atoms with Crippen LogP contribution in [0.5, 0.6) is 0 Å². The maximum Gasteiger partial charge on any atom is 0.141 e. The lowest BCUT2D eigenvalue weighted by atomic mass is 10.0. The van der Waals surface area contributed by atoms with Crippen LogP contribution in [0.4, 0.5) is 5.69 Å². The van der Waals surface area contributed by atoms with Gasteiger partial charge in [-0.1, -0.05) is 12.1 Å². The minimum Gasteiger partial charge on any atom is -0.396 e. The highest BCUT2D eigenvalue weighted by molar-refractivity contribution is 7.12. The van der Waals surface area contributed by atoms with Gasteiger partial charge in [-0.05, 0) is 34.2 Å². The van der Waals surface area contributed by atoms with Crippen LogP contribution in [0.25, 0.3) is 0 Å². The first-order chi connectivity index (χ1) is 10.7. The molecule has 1 aliphatic rings. The number of nitrogens with one attached hydrogen (secondary N) is 1. The molecular formula is C16H19N3O2S. The van der Waals surface area contributed by atoms with Crippen molar-refractivity contribution in [3.63, 3.8) is 0 Å². The maximum absolute atomic E-state index is 9.62. The number of aliphatic imine (C=N–C) groups is 1. The van der Waals surface area contributed by atoms with Gasteiger partial charge in [0.05, 0.1) is 10.6 Å². The van der Waals surface area contributed by atoms with E-state index in [1.165, 1.54) is 5.56 Å². The van der Waals surface area contributed by atoms with E-state index in [-0.39, 0.29) is 6.61 Å². The molecule has 0 amide bonds. The van der Waals surface area contributed by atoms with Gasteiger partial charge in [-0.2, -0.15) is 0 Å². The molecule has 0 spiro atoms. The van der Waals surface area contributed by atoms with Crippen LogP contribution in [0.3, 0.4) is 0 Å². The monoisotopic (exact) mass is 317 g/mol. The van der Waals surface area contributed by atoms with Gasteiger partial charge in [0.25, 0.3) is 0 Å². The number of thiophene rings is 1. The van der Waals surface area contributed by atoms with E-state index in [0.29, 0.717) is 18.8 Å². The van der Waals surface area contributed by atoms with E-state index in [9.17, 15) is 5.11 Å². The third-order valence-corrected chi connectivity index (χ3v) is 4.67. The lowest BCUT2D eigenvalue weighted by Gasteiger charge is -2.12. The van der Waals surface area contributed by atoms with Crippen molar-refractivity contribution in [1.82, 2.24) is 5.32 Å². The molecule has 0 aliphatic carbocycles. The van der Waals surface area contributed by atoms with Crippen LogP contribution < -0.4 is 11.1 Å². The molecule has 0 bridgehead atoms. The van der Waals surface area contributed by atoms with Crippen molar-refractivity contribution in [2.45, 2.75) is 25.6 Å². The molecule has 116 valence electrons. The average molecular weight is 317 g/mol. The molecule has 1 aromatic heterocycles. The van der Waals surface area contributed by atoms with Crippen molar-refractivity contribution in [2.24, 2.45) is 10.7 Å². The van der Waals surface area contributed by atoms with Gasteiger partial charge >= 0.3 is 0 Å². The van der Waals surface area contributed by atoms with E-state index in [1.807, 2.05) is 17.5 Å². The van der Waals surface area contributed by atoms with Crippen molar-refractivity contribution in [3.05, 3.63) is 51.2 Å². The molecule has 22 heavy (non-hydrogen) atoms. The smallest absolute Gasteiger partial charge is 0.141 e. The summed E-state index contributed by atoms with van der Waals surface area (Å²) in [7, 11) is 0. The highest BCUT2D eigenvalue weighted by atomic mass is 32.1. The quantitative estimate of drug-likeness (QED) is 0.629. The standard InChI is InChI=1S/C16H19N3O2S/c17-16-15-11(4-6-22-15)8-12-7-10(1-2-13(12)19-16)9-18-14(21)3-5-20/h1-2,4,6-7,14,18,20-21H,3,5,8-9H2,(H2,17,19). The third-order valence-electron chi connectivity index (χ3n) is 3.69. The van der Waals surface area contributed by atoms with E-state index in [2.05, 4.69) is 22.4 Å². The SMILES string of the molecule is NC1=Nc2ccc(CNC(O)CCO)cc2Cc2ccsc21. The summed E-state index contributed by atoms with van der Waals surface area (Å²) in [4.78, 5) is 5.57. The summed E-state index contributed by atoms with van der Waals surface area (Å²) < 4.78 is 0. The van der Waals surface area contributed by atoms with Gasteiger partial charge < -0.3 is 15.9 Å². The Hall–Kier alpha value is -1.73. The summed E-state index contributed by atoms with van der Waals surface area (Å²) in [6.45, 7) is 0.511. The Morgan fingerprint density at radius 2 is 2.18 bits per heavy atom. The minimum absolute atomic E-state index is 0.0344. The van der Waals surface area contributed by atoms with Crippen LogP contribution in [0.2, 0.25) is 0 Å². The molecule has 1 atom stereocenters. The first-order valence-corrected chi connectivity index (χ1v) is 8.10. The van der Waals surface area contributed by atoms with Crippen LogP contribution in [0.15, 0.2) is 34.6 Å². The molecule has 6 heteroatoms. The van der Waals surface area contributed by atoms with Gasteiger partial charge in [-0.15, -0.1) is 11.3 Å². The van der Waals surface area contributed by atoms with E-state index < -0.39 is 6.23 Å². The van der Waals surface area contributed by atoms with Crippen LogP contribution in [0, 0.1) is 0 Å². The molecular weight excluding hydrogens is 298 g/mol. The predicted molar refractivity (Wildman–Crippen MR) is 88.5 cm³/mol. The normalized spacial score (nSPS) is 14.7. The van der Waals surface area contributed by atoms with Gasteiger partial charge in [0.15, 0.2) is 0 Å². The second-order valence-corrected chi connectivity index (χ2v) is 6.24. The molecule has 1 aliphatic heterocycles. The summed E-state index contributed by atoms with van der Waals surface area (Å²) in [5, 5.41) is 23.4. The largest absolute Gasteiger partial charge is 0.396 e. The number of fused-ring (bicyclic) bond motifs is 2. The van der Waals surface area contributed by atoms with Crippen molar-refractivity contribution >= 4 is 22.9 Å². The predicted octanol–water partition coefficient (Wildman–Crippen LogP) is 1.48. The lowest BCUT2D eigenvalue weighted by Crippen LogP contribution is -2.29. The fraction of sp³-hybridized carbons (Fsp3) is 0.312. The topological polar surface area (TPSA) is 90.9 Å². The zero-order valence-electron chi connectivity index (χ0n) is 12.1. The van der Waals surface area contributed by atoms with Gasteiger partial charge in [-0.25, -0.2) is 4.99 Å². The highest BCUT2D eigenvalue weighted by Crippen LogP contribution is 2.31. The van der Waals surface area contributed by atoms with E-state index in [0.717, 1.165) is 28.1 Å². The Balaban J connectivity index is 1.81. The number of rotatable bonds is 5. The van der Waals surface area contributed by atoms with E-state index in [4.69, 9.17) is 10.8 Å². The van der Waals surface area contributed by atoms with Gasteiger partial charge in [0.1, 0.15) is 12.1 Å². The number of benzene rings is 1. The molecule has 5 N–H and O–H groups in total. The second kappa shape index (κ2) is 6.58. The van der Waals surface area contributed by atoms with Gasteiger partial charge in [-0.3, -0.25) is 5.32 Å². The number of nitrogens with zero attached hydrogens (tertiary/aromatic N) is 1. The zero-order chi connectivity index (χ0) is 15.5. The number of aliphatic hydroxyl groups excluding tert-OH is 2. The van der Waals surface area contributed by atoms with Crippen LogP contribution in [0.1, 0.15) is 28.0 Å². The van der Waals surface area contributed by atoms with E-state index in [1.54, 1.807) is 11.3 Å². The first-order valence-electron chi connectivity index (χ1n) is 7.22. The molecule has 0 radical (unpaired) electrons. The van der Waals surface area contributed by atoms with Crippen LogP contribution in [-0.4, -0.2) is 28.9 Å². The summed E-state index contributed by atoms with van der Waals surface area (Å²) in [6, 6.07) is 8.13. The maximum atomic E-state index is 9.62. The fourth-order valence-corrected chi connectivity index (χ4v) is 3.37. The summed E-state index contributed by atoms with van der Waals surface area (Å²) in [6.07, 6.45) is 0.441. The summed E-state index contributed by atoms with van der Waals surface area (Å²) in [5.74, 6) is 0.577. The van der Waals surface area contributed by atoms with Crippen molar-refractivity contribution in [2.75, 3.05) is 6.61 Å². The number of nitrogens with two attached hydrogens (primary N) is 1. The number of hydrogen-bond donors (Lipinski definition) is 4. The van der Waals surface area contributed by atoms with Crippen LogP contribution >= 0.6 is 11.3 Å². The lowest BCUT2D eigenvalue weighted by molar-refractivity contribution is 0.101. The molecule has 0 saturated heterocycles. The Kier molecular flexibility index (Phi) is 4.54. The van der Waals surface area contributed by atoms with Crippen molar-refractivity contribution in [3.8, 4) is 0 Å². The zero-order valence-corrected chi connectivity index (χ0v) is 12.9. The average Bonchev–Trinajstić information content (AvgIpc) is 2.91. The highest BCUT2D eigenvalue weighted by Gasteiger charge is 2.16. The molecule has 2 heterocycles. The van der Waals surface area contributed by atoms with Gasteiger partial charge in [0, 0.05) is 26.0 Å². The first kappa shape index (κ1) is 15.2. The Labute approximate surface area is 133 Å². The number of amidine groups is 1. The second-order valence-electron chi connectivity index (χ2n) is 5.32. The number of hydrogen-bond acceptors (Lipinski definition) is 6. The summed E-state index contributed by atoms with van der Waals surface area (Å²) >= 11 is 1.62. The van der Waals surface area contributed by atoms with Crippen molar-refractivity contribution < 1.29 is 10.2 Å². The summed E-state index contributed by atoms with van der Waals surface area (Å²) in [5.41, 5.74) is 10.4. The molecule has 3 rings (SSSR count). The van der Waals surface area contributed by atoms with Gasteiger partial charge in [0.2, 0.25) is 0 Å². The molecule has 1 unspecified atom stereocenters. The minimum atomic E-state index is -0.694. The van der Waals surface area contributed by atoms with E-state index >= 15 is 0 Å². The molecule has 2 aromatic rings.